The van der Waals surface area contributed by atoms with Crippen LogP contribution in [0.1, 0.15) is 23.5 Å². The van der Waals surface area contributed by atoms with Crippen LogP contribution in [0.15, 0.2) is 30.5 Å². The van der Waals surface area contributed by atoms with E-state index in [0.717, 1.165) is 34.9 Å². The van der Waals surface area contributed by atoms with Crippen LogP contribution in [-0.4, -0.2) is 20.6 Å². The van der Waals surface area contributed by atoms with Crippen molar-refractivity contribution < 1.29 is 9.90 Å². The maximum Gasteiger partial charge on any atom is 0.308 e. The number of carbonyl (C=O) groups is 1. The van der Waals surface area contributed by atoms with Gasteiger partial charge in [0, 0.05) is 30.6 Å². The molecule has 1 aliphatic heterocycles. The number of aliphatic carboxylic acids is 1. The Hall–Kier alpha value is -1.81. The van der Waals surface area contributed by atoms with E-state index in [0.29, 0.717) is 13.0 Å². The topological polar surface area (TPSA) is 55.1 Å². The summed E-state index contributed by atoms with van der Waals surface area (Å²) >= 11 is 5.87. The van der Waals surface area contributed by atoms with Crippen LogP contribution in [0, 0.1) is 5.92 Å². The number of carboxylic acids is 1. The molecule has 0 radical (unpaired) electrons. The summed E-state index contributed by atoms with van der Waals surface area (Å²) in [6.45, 7) is 0.526. The Morgan fingerprint density at radius 1 is 1.40 bits per heavy atom. The van der Waals surface area contributed by atoms with Gasteiger partial charge in [-0.2, -0.15) is 0 Å². The van der Waals surface area contributed by atoms with E-state index < -0.39 is 5.97 Å². The number of hydrogen-bond acceptors (Lipinski definition) is 2. The number of benzene rings is 1. The van der Waals surface area contributed by atoms with Crippen molar-refractivity contribution in [1.29, 1.82) is 0 Å². The molecular formula is C15H15ClN2O2. The highest BCUT2D eigenvalue weighted by Gasteiger charge is 2.25. The van der Waals surface area contributed by atoms with Crippen LogP contribution in [0.5, 0.6) is 0 Å². The van der Waals surface area contributed by atoms with Crippen LogP contribution >= 0.6 is 11.6 Å². The van der Waals surface area contributed by atoms with Crippen molar-refractivity contribution >= 4 is 17.6 Å². The molecule has 3 rings (SSSR count). The van der Waals surface area contributed by atoms with Crippen LogP contribution < -0.4 is 0 Å². The normalized spacial score (nSPS) is 17.8. The van der Waals surface area contributed by atoms with E-state index >= 15 is 0 Å². The van der Waals surface area contributed by atoms with Gasteiger partial charge in [-0.25, -0.2) is 4.98 Å². The summed E-state index contributed by atoms with van der Waals surface area (Å²) in [5.41, 5.74) is 2.13. The lowest BCUT2D eigenvalue weighted by molar-refractivity contribution is -0.142. The molecule has 0 saturated carbocycles. The largest absolute Gasteiger partial charge is 0.481 e. The molecule has 1 unspecified atom stereocenters. The lowest BCUT2D eigenvalue weighted by Gasteiger charge is -2.19. The van der Waals surface area contributed by atoms with Gasteiger partial charge < -0.3 is 9.67 Å². The lowest BCUT2D eigenvalue weighted by Crippen LogP contribution is -2.26. The average molecular weight is 291 g/mol. The van der Waals surface area contributed by atoms with Gasteiger partial charge in [-0.05, 0) is 24.1 Å². The standard InChI is InChI=1S/C15H15ClN2O2/c16-12-4-1-10(2-5-12)7-13-9-18-8-11(15(19)20)3-6-14(18)17-13/h1-2,4-5,9,11H,3,6-8H2,(H,19,20). The molecule has 1 atom stereocenters. The van der Waals surface area contributed by atoms with E-state index in [1.54, 1.807) is 0 Å². The Balaban J connectivity index is 1.77. The molecule has 0 spiro atoms. The number of hydrogen-bond donors (Lipinski definition) is 1. The summed E-state index contributed by atoms with van der Waals surface area (Å²) in [6.07, 6.45) is 4.12. The summed E-state index contributed by atoms with van der Waals surface area (Å²) < 4.78 is 1.98. The van der Waals surface area contributed by atoms with Crippen LogP contribution in [0.25, 0.3) is 0 Å². The van der Waals surface area contributed by atoms with E-state index in [9.17, 15) is 4.79 Å². The highest BCUT2D eigenvalue weighted by molar-refractivity contribution is 6.30. The average Bonchev–Trinajstić information content (AvgIpc) is 2.82. The van der Waals surface area contributed by atoms with Crippen LogP contribution in [0.2, 0.25) is 5.02 Å². The van der Waals surface area contributed by atoms with Gasteiger partial charge in [-0.1, -0.05) is 23.7 Å². The number of halogens is 1. The Morgan fingerprint density at radius 2 is 2.15 bits per heavy atom. The van der Waals surface area contributed by atoms with E-state index in [-0.39, 0.29) is 5.92 Å². The molecule has 0 fully saturated rings. The van der Waals surface area contributed by atoms with Gasteiger partial charge in [0.05, 0.1) is 11.6 Å². The van der Waals surface area contributed by atoms with E-state index in [1.807, 2.05) is 35.0 Å². The third kappa shape index (κ3) is 2.70. The van der Waals surface area contributed by atoms with Crippen LogP contribution in [0.3, 0.4) is 0 Å². The number of imidazole rings is 1. The van der Waals surface area contributed by atoms with Crippen LogP contribution in [0.4, 0.5) is 0 Å². The van der Waals surface area contributed by atoms with Gasteiger partial charge >= 0.3 is 5.97 Å². The summed E-state index contributed by atoms with van der Waals surface area (Å²) in [7, 11) is 0. The number of carboxylic acid groups (broad SMARTS) is 1. The van der Waals surface area contributed by atoms with Crippen molar-refractivity contribution in [3.05, 3.63) is 52.6 Å². The van der Waals surface area contributed by atoms with Crippen molar-refractivity contribution in [2.75, 3.05) is 0 Å². The second kappa shape index (κ2) is 5.29. The first-order valence-electron chi connectivity index (χ1n) is 6.64. The first-order chi connectivity index (χ1) is 9.61. The molecule has 4 nitrogen and oxygen atoms in total. The molecule has 104 valence electrons. The Labute approximate surface area is 122 Å². The van der Waals surface area contributed by atoms with Gasteiger partial charge in [0.2, 0.25) is 0 Å². The van der Waals surface area contributed by atoms with Crippen molar-refractivity contribution in [2.24, 2.45) is 5.92 Å². The molecule has 1 aromatic carbocycles. The Kier molecular flexibility index (Phi) is 3.49. The summed E-state index contributed by atoms with van der Waals surface area (Å²) in [6, 6.07) is 7.71. The number of aromatic nitrogens is 2. The van der Waals surface area contributed by atoms with E-state index in [1.165, 1.54) is 0 Å². The number of aryl methyl sites for hydroxylation is 1. The highest BCUT2D eigenvalue weighted by Crippen LogP contribution is 2.21. The molecular weight excluding hydrogens is 276 g/mol. The maximum atomic E-state index is 11.0. The predicted octanol–water partition coefficient (Wildman–Crippen LogP) is 2.77. The van der Waals surface area contributed by atoms with E-state index in [4.69, 9.17) is 16.7 Å². The Morgan fingerprint density at radius 3 is 2.85 bits per heavy atom. The van der Waals surface area contributed by atoms with Gasteiger partial charge in [-0.3, -0.25) is 4.79 Å². The SMILES string of the molecule is O=C(O)C1CCc2nc(Cc3ccc(Cl)cc3)cn2C1. The molecule has 0 amide bonds. The van der Waals surface area contributed by atoms with Gasteiger partial charge in [0.15, 0.2) is 0 Å². The zero-order chi connectivity index (χ0) is 14.1. The quantitative estimate of drug-likeness (QED) is 0.946. The second-order valence-electron chi connectivity index (χ2n) is 5.18. The molecule has 0 saturated heterocycles. The van der Waals surface area contributed by atoms with Crippen molar-refractivity contribution in [1.82, 2.24) is 9.55 Å². The zero-order valence-corrected chi connectivity index (χ0v) is 11.7. The van der Waals surface area contributed by atoms with E-state index in [2.05, 4.69) is 4.98 Å². The molecule has 1 N–H and O–H groups in total. The van der Waals surface area contributed by atoms with Gasteiger partial charge in [0.1, 0.15) is 5.82 Å². The molecule has 2 heterocycles. The minimum absolute atomic E-state index is 0.292. The molecule has 1 aliphatic rings. The molecule has 20 heavy (non-hydrogen) atoms. The smallest absolute Gasteiger partial charge is 0.308 e. The van der Waals surface area contributed by atoms with Gasteiger partial charge in [0.25, 0.3) is 0 Å². The van der Waals surface area contributed by atoms with Crippen molar-refractivity contribution in [3.8, 4) is 0 Å². The molecule has 0 aliphatic carbocycles. The van der Waals surface area contributed by atoms with Gasteiger partial charge in [-0.15, -0.1) is 0 Å². The Bertz CT molecular complexity index is 634. The minimum Gasteiger partial charge on any atom is -0.481 e. The zero-order valence-electron chi connectivity index (χ0n) is 10.9. The van der Waals surface area contributed by atoms with Crippen LogP contribution in [-0.2, 0) is 24.2 Å². The second-order valence-corrected chi connectivity index (χ2v) is 5.61. The highest BCUT2D eigenvalue weighted by atomic mass is 35.5. The monoisotopic (exact) mass is 290 g/mol. The summed E-state index contributed by atoms with van der Waals surface area (Å²) in [5, 5.41) is 9.81. The molecule has 2 aromatic rings. The molecule has 5 heteroatoms. The first-order valence-corrected chi connectivity index (χ1v) is 7.02. The first kappa shape index (κ1) is 13.2. The fourth-order valence-electron chi connectivity index (χ4n) is 2.60. The fourth-order valence-corrected chi connectivity index (χ4v) is 2.73. The number of fused-ring (bicyclic) bond motifs is 1. The minimum atomic E-state index is -0.719. The third-order valence-electron chi connectivity index (χ3n) is 3.69. The summed E-state index contributed by atoms with van der Waals surface area (Å²) in [5.74, 6) is -0.0184. The number of nitrogens with zero attached hydrogens (tertiary/aromatic N) is 2. The lowest BCUT2D eigenvalue weighted by atomic mass is 10.00. The maximum absolute atomic E-state index is 11.0. The third-order valence-corrected chi connectivity index (χ3v) is 3.94. The summed E-state index contributed by atoms with van der Waals surface area (Å²) in [4.78, 5) is 15.6. The number of rotatable bonds is 3. The molecule has 0 bridgehead atoms. The predicted molar refractivity (Wildman–Crippen MR) is 75.9 cm³/mol. The fraction of sp³-hybridized carbons (Fsp3) is 0.333. The van der Waals surface area contributed by atoms with Crippen molar-refractivity contribution in [2.45, 2.75) is 25.8 Å². The van der Waals surface area contributed by atoms with Crippen molar-refractivity contribution in [3.63, 3.8) is 0 Å². The molecule has 1 aromatic heterocycles.